The molecule has 2 aromatic rings. The third-order valence-corrected chi connectivity index (χ3v) is 6.51. The van der Waals surface area contributed by atoms with Crippen LogP contribution >= 0.6 is 11.3 Å². The lowest BCUT2D eigenvalue weighted by Gasteiger charge is -2.28. The number of benzene rings is 1. The highest BCUT2D eigenvalue weighted by molar-refractivity contribution is 7.14. The zero-order valence-electron chi connectivity index (χ0n) is 18.5. The molecule has 0 spiro atoms. The molecule has 30 heavy (non-hydrogen) atoms. The van der Waals surface area contributed by atoms with Crippen LogP contribution in [0.2, 0.25) is 0 Å². The third-order valence-electron chi connectivity index (χ3n) is 5.63. The number of hydrogen-bond acceptors (Lipinski definition) is 6. The summed E-state index contributed by atoms with van der Waals surface area (Å²) in [7, 11) is 0. The van der Waals surface area contributed by atoms with Gasteiger partial charge in [-0.25, -0.2) is 4.98 Å². The molecule has 1 atom stereocenters. The summed E-state index contributed by atoms with van der Waals surface area (Å²) >= 11 is 1.38. The van der Waals surface area contributed by atoms with Crippen LogP contribution in [0, 0.1) is 19.8 Å². The molecule has 6 nitrogen and oxygen atoms in total. The lowest BCUT2D eigenvalue weighted by atomic mass is 10.0. The van der Waals surface area contributed by atoms with E-state index in [0.29, 0.717) is 10.8 Å². The summed E-state index contributed by atoms with van der Waals surface area (Å²) in [6, 6.07) is 5.67. The Labute approximate surface area is 182 Å². The number of thiazole rings is 1. The quantitative estimate of drug-likeness (QED) is 0.602. The van der Waals surface area contributed by atoms with E-state index >= 15 is 0 Å². The lowest BCUT2D eigenvalue weighted by Crippen LogP contribution is -2.44. The molecule has 3 rings (SSSR count). The maximum Gasteiger partial charge on any atom is 0.324 e. The molecule has 1 aliphatic heterocycles. The van der Waals surface area contributed by atoms with Gasteiger partial charge in [-0.2, -0.15) is 0 Å². The zero-order valence-corrected chi connectivity index (χ0v) is 19.3. The van der Waals surface area contributed by atoms with E-state index in [1.165, 1.54) is 18.3 Å². The van der Waals surface area contributed by atoms with Crippen molar-refractivity contribution < 1.29 is 14.3 Å². The van der Waals surface area contributed by atoms with Gasteiger partial charge in [-0.05, 0) is 62.9 Å². The second kappa shape index (κ2) is 9.71. The van der Waals surface area contributed by atoms with Gasteiger partial charge in [0.25, 0.3) is 0 Å². The van der Waals surface area contributed by atoms with Crippen molar-refractivity contribution in [3.05, 3.63) is 40.4 Å². The summed E-state index contributed by atoms with van der Waals surface area (Å²) in [5.41, 5.74) is 3.64. The van der Waals surface area contributed by atoms with Gasteiger partial charge in [0.15, 0.2) is 5.13 Å². The van der Waals surface area contributed by atoms with Crippen LogP contribution in [-0.4, -0.2) is 40.9 Å². The van der Waals surface area contributed by atoms with Crippen molar-refractivity contribution in [3.63, 3.8) is 0 Å². The zero-order chi connectivity index (χ0) is 21.8. The van der Waals surface area contributed by atoms with Gasteiger partial charge in [0.2, 0.25) is 5.91 Å². The van der Waals surface area contributed by atoms with E-state index in [1.54, 1.807) is 4.90 Å². The minimum Gasteiger partial charge on any atom is -0.458 e. The Morgan fingerprint density at radius 1 is 1.23 bits per heavy atom. The Balaban J connectivity index is 1.72. The number of carbonyl (C=O) groups is 2. The lowest BCUT2D eigenvalue weighted by molar-refractivity contribution is -0.153. The molecule has 162 valence electrons. The van der Waals surface area contributed by atoms with E-state index in [9.17, 15) is 9.59 Å². The SMILES string of the molecule is CC(=O)N(c1nc(COC(=O)[C@H](C(C)C)N2CCCC2)cs1)c1cccc(C)c1C. The first kappa shape index (κ1) is 22.4. The van der Waals surface area contributed by atoms with Crippen molar-refractivity contribution in [1.29, 1.82) is 0 Å². The average Bonchev–Trinajstić information content (AvgIpc) is 3.36. The Kier molecular flexibility index (Phi) is 7.26. The summed E-state index contributed by atoms with van der Waals surface area (Å²) < 4.78 is 5.63. The van der Waals surface area contributed by atoms with Crippen molar-refractivity contribution in [2.24, 2.45) is 5.92 Å². The van der Waals surface area contributed by atoms with Crippen LogP contribution in [-0.2, 0) is 20.9 Å². The van der Waals surface area contributed by atoms with Gasteiger partial charge in [-0.15, -0.1) is 11.3 Å². The first-order valence-corrected chi connectivity index (χ1v) is 11.4. The maximum atomic E-state index is 12.7. The number of aromatic nitrogens is 1. The molecule has 7 heteroatoms. The van der Waals surface area contributed by atoms with Crippen LogP contribution in [0.5, 0.6) is 0 Å². The molecule has 0 aliphatic carbocycles. The molecule has 1 aliphatic rings. The van der Waals surface area contributed by atoms with Crippen LogP contribution in [0.15, 0.2) is 23.6 Å². The number of hydrogen-bond donors (Lipinski definition) is 0. The number of amides is 1. The Morgan fingerprint density at radius 3 is 2.57 bits per heavy atom. The molecule has 1 fully saturated rings. The number of likely N-dealkylation sites (tertiary alicyclic amines) is 1. The molecule has 1 amide bonds. The normalized spacial score (nSPS) is 15.4. The average molecular weight is 430 g/mol. The number of anilines is 2. The highest BCUT2D eigenvalue weighted by atomic mass is 32.1. The molecule has 0 unspecified atom stereocenters. The van der Waals surface area contributed by atoms with Gasteiger partial charge in [-0.1, -0.05) is 26.0 Å². The molecule has 0 bridgehead atoms. The minimum atomic E-state index is -0.214. The van der Waals surface area contributed by atoms with Crippen LogP contribution in [0.25, 0.3) is 0 Å². The molecule has 0 N–H and O–H groups in total. The highest BCUT2D eigenvalue weighted by Gasteiger charge is 2.32. The van der Waals surface area contributed by atoms with E-state index in [4.69, 9.17) is 4.74 Å². The van der Waals surface area contributed by atoms with Crippen molar-refractivity contribution in [3.8, 4) is 0 Å². The van der Waals surface area contributed by atoms with E-state index in [1.807, 2.05) is 37.4 Å². The van der Waals surface area contributed by atoms with Gasteiger partial charge >= 0.3 is 5.97 Å². The second-order valence-corrected chi connectivity index (χ2v) is 9.07. The monoisotopic (exact) mass is 429 g/mol. The fraction of sp³-hybridized carbons (Fsp3) is 0.522. The van der Waals surface area contributed by atoms with Crippen LogP contribution in [0.4, 0.5) is 10.8 Å². The third kappa shape index (κ3) is 4.90. The number of esters is 1. The molecular weight excluding hydrogens is 398 g/mol. The van der Waals surface area contributed by atoms with Crippen molar-refractivity contribution in [1.82, 2.24) is 9.88 Å². The van der Waals surface area contributed by atoms with Crippen LogP contribution < -0.4 is 4.90 Å². The number of aryl methyl sites for hydroxylation is 1. The summed E-state index contributed by atoms with van der Waals surface area (Å²) in [5.74, 6) is -0.103. The summed E-state index contributed by atoms with van der Waals surface area (Å²) in [6.45, 7) is 11.7. The Morgan fingerprint density at radius 2 is 1.93 bits per heavy atom. The van der Waals surface area contributed by atoms with Gasteiger partial charge in [0.05, 0.1) is 11.4 Å². The summed E-state index contributed by atoms with van der Waals surface area (Å²) in [5, 5.41) is 2.44. The fourth-order valence-corrected chi connectivity index (χ4v) is 4.81. The molecule has 1 aromatic heterocycles. The van der Waals surface area contributed by atoms with Crippen molar-refractivity contribution in [2.75, 3.05) is 18.0 Å². The number of carbonyl (C=O) groups excluding carboxylic acids is 2. The van der Waals surface area contributed by atoms with Gasteiger partial charge in [-0.3, -0.25) is 19.4 Å². The topological polar surface area (TPSA) is 62.7 Å². The standard InChI is InChI=1S/C23H31N3O3S/c1-15(2)21(25-11-6-7-12-25)22(28)29-13-19-14-30-23(24-19)26(18(5)27)20-10-8-9-16(3)17(20)4/h8-10,14-15,21H,6-7,11-13H2,1-5H3/t21-/m0/s1. The summed E-state index contributed by atoms with van der Waals surface area (Å²) in [6.07, 6.45) is 2.26. The van der Waals surface area contributed by atoms with E-state index in [2.05, 4.69) is 23.7 Å². The second-order valence-electron chi connectivity index (χ2n) is 8.23. The first-order valence-electron chi connectivity index (χ1n) is 10.5. The number of ether oxygens (including phenoxy) is 1. The maximum absolute atomic E-state index is 12.7. The Bertz CT molecular complexity index is 903. The van der Waals surface area contributed by atoms with E-state index in [0.717, 1.165) is 42.7 Å². The number of rotatable bonds is 7. The van der Waals surface area contributed by atoms with Crippen molar-refractivity contribution in [2.45, 2.75) is 60.1 Å². The molecule has 0 radical (unpaired) electrons. The Hall–Kier alpha value is -2.25. The molecule has 1 aromatic carbocycles. The van der Waals surface area contributed by atoms with Gasteiger partial charge in [0, 0.05) is 12.3 Å². The largest absolute Gasteiger partial charge is 0.458 e. The predicted octanol–water partition coefficient (Wildman–Crippen LogP) is 4.61. The molecule has 1 saturated heterocycles. The fourth-order valence-electron chi connectivity index (χ4n) is 3.94. The van der Waals surface area contributed by atoms with Crippen LogP contribution in [0.1, 0.15) is 50.4 Å². The smallest absolute Gasteiger partial charge is 0.324 e. The van der Waals surface area contributed by atoms with Gasteiger partial charge in [0.1, 0.15) is 12.6 Å². The molecule has 0 saturated carbocycles. The van der Waals surface area contributed by atoms with Crippen molar-refractivity contribution >= 4 is 34.0 Å². The number of nitrogens with zero attached hydrogens (tertiary/aromatic N) is 3. The minimum absolute atomic E-state index is 0.101. The van der Waals surface area contributed by atoms with E-state index in [-0.39, 0.29) is 30.4 Å². The predicted molar refractivity (Wildman–Crippen MR) is 120 cm³/mol. The molecule has 2 heterocycles. The van der Waals surface area contributed by atoms with Gasteiger partial charge < -0.3 is 4.74 Å². The molecular formula is C23H31N3O3S. The highest BCUT2D eigenvalue weighted by Crippen LogP contribution is 2.32. The first-order chi connectivity index (χ1) is 14.3. The summed E-state index contributed by atoms with van der Waals surface area (Å²) in [4.78, 5) is 33.6. The van der Waals surface area contributed by atoms with E-state index < -0.39 is 0 Å². The van der Waals surface area contributed by atoms with Crippen LogP contribution in [0.3, 0.4) is 0 Å².